The molecular formula is C17H18O4. The molecule has 0 unspecified atom stereocenters. The maximum Gasteiger partial charge on any atom is 0.308 e. The zero-order valence-electron chi connectivity index (χ0n) is 12.4. The summed E-state index contributed by atoms with van der Waals surface area (Å²) in [7, 11) is 3.20. The van der Waals surface area contributed by atoms with Gasteiger partial charge in [-0.05, 0) is 18.6 Å². The molecule has 0 bridgehead atoms. The largest absolute Gasteiger partial charge is 0.496 e. The van der Waals surface area contributed by atoms with Gasteiger partial charge in [-0.15, -0.1) is 6.58 Å². The Kier molecular flexibility index (Phi) is 4.48. The van der Waals surface area contributed by atoms with Gasteiger partial charge in [0.25, 0.3) is 0 Å². The van der Waals surface area contributed by atoms with Crippen molar-refractivity contribution in [1.29, 1.82) is 0 Å². The quantitative estimate of drug-likeness (QED) is 0.479. The van der Waals surface area contributed by atoms with Gasteiger partial charge in [-0.25, -0.2) is 0 Å². The molecule has 0 fully saturated rings. The normalized spacial score (nSPS) is 10.2. The van der Waals surface area contributed by atoms with Gasteiger partial charge < -0.3 is 14.2 Å². The van der Waals surface area contributed by atoms with Crippen LogP contribution < -0.4 is 14.2 Å². The first-order valence-corrected chi connectivity index (χ1v) is 6.58. The molecule has 0 aliphatic heterocycles. The highest BCUT2D eigenvalue weighted by molar-refractivity contribution is 6.00. The van der Waals surface area contributed by atoms with Crippen LogP contribution >= 0.6 is 0 Å². The van der Waals surface area contributed by atoms with Crippen molar-refractivity contribution in [2.75, 3.05) is 14.2 Å². The highest BCUT2D eigenvalue weighted by atomic mass is 16.5. The van der Waals surface area contributed by atoms with Crippen LogP contribution in [0.1, 0.15) is 12.5 Å². The maximum absolute atomic E-state index is 11.4. The van der Waals surface area contributed by atoms with Crippen LogP contribution in [-0.2, 0) is 11.2 Å². The molecule has 0 N–H and O–H groups in total. The van der Waals surface area contributed by atoms with E-state index in [1.165, 1.54) is 6.92 Å². The van der Waals surface area contributed by atoms with Gasteiger partial charge in [-0.1, -0.05) is 18.2 Å². The average Bonchev–Trinajstić information content (AvgIpc) is 2.46. The number of esters is 1. The van der Waals surface area contributed by atoms with Gasteiger partial charge in [0.2, 0.25) is 0 Å². The summed E-state index contributed by atoms with van der Waals surface area (Å²) in [5.74, 6) is 1.46. The Balaban J connectivity index is 2.84. The SMILES string of the molecule is C=CCc1cc(OC(C)=O)c2c(OC)cccc2c1OC. The Labute approximate surface area is 123 Å². The Morgan fingerprint density at radius 2 is 2.00 bits per heavy atom. The first kappa shape index (κ1) is 14.9. The van der Waals surface area contributed by atoms with Crippen LogP contribution in [0.3, 0.4) is 0 Å². The molecule has 2 rings (SSSR count). The van der Waals surface area contributed by atoms with Crippen molar-refractivity contribution in [1.82, 2.24) is 0 Å². The highest BCUT2D eigenvalue weighted by Gasteiger charge is 2.17. The summed E-state index contributed by atoms with van der Waals surface area (Å²) in [6, 6.07) is 7.41. The smallest absolute Gasteiger partial charge is 0.308 e. The van der Waals surface area contributed by atoms with Crippen LogP contribution in [0.2, 0.25) is 0 Å². The molecule has 0 amide bonds. The predicted octanol–water partition coefficient (Wildman–Crippen LogP) is 3.51. The summed E-state index contributed by atoms with van der Waals surface area (Å²) in [5.41, 5.74) is 0.907. The molecule has 2 aromatic carbocycles. The number of benzene rings is 2. The fourth-order valence-corrected chi connectivity index (χ4v) is 2.40. The van der Waals surface area contributed by atoms with Gasteiger partial charge in [0.1, 0.15) is 17.2 Å². The molecule has 21 heavy (non-hydrogen) atoms. The lowest BCUT2D eigenvalue weighted by atomic mass is 10.0. The molecular weight excluding hydrogens is 268 g/mol. The van der Waals surface area contributed by atoms with E-state index in [4.69, 9.17) is 14.2 Å². The van der Waals surface area contributed by atoms with Gasteiger partial charge in [0, 0.05) is 17.9 Å². The van der Waals surface area contributed by atoms with Crippen molar-refractivity contribution in [2.24, 2.45) is 0 Å². The third-order valence-electron chi connectivity index (χ3n) is 3.16. The van der Waals surface area contributed by atoms with Crippen molar-refractivity contribution in [3.05, 3.63) is 42.5 Å². The first-order valence-electron chi connectivity index (χ1n) is 6.58. The number of rotatable bonds is 5. The number of allylic oxidation sites excluding steroid dienone is 1. The minimum atomic E-state index is -0.378. The summed E-state index contributed by atoms with van der Waals surface area (Å²) in [6.45, 7) is 5.12. The minimum absolute atomic E-state index is 0.378. The average molecular weight is 286 g/mol. The standard InChI is InChI=1S/C17H18O4/c1-5-7-12-10-15(21-11(2)18)16-13(17(12)20-4)8-6-9-14(16)19-3/h5-6,8-10H,1,7H2,2-4H3. The minimum Gasteiger partial charge on any atom is -0.496 e. The highest BCUT2D eigenvalue weighted by Crippen LogP contribution is 2.41. The van der Waals surface area contributed by atoms with Gasteiger partial charge >= 0.3 is 5.97 Å². The van der Waals surface area contributed by atoms with E-state index in [0.29, 0.717) is 17.9 Å². The molecule has 4 nitrogen and oxygen atoms in total. The molecule has 0 atom stereocenters. The fourth-order valence-electron chi connectivity index (χ4n) is 2.40. The van der Waals surface area contributed by atoms with E-state index in [1.807, 2.05) is 18.2 Å². The second-order valence-corrected chi connectivity index (χ2v) is 4.54. The summed E-state index contributed by atoms with van der Waals surface area (Å²) >= 11 is 0. The zero-order chi connectivity index (χ0) is 15.4. The molecule has 0 saturated carbocycles. The van der Waals surface area contributed by atoms with Crippen LogP contribution in [0, 0.1) is 0 Å². The van der Waals surface area contributed by atoms with E-state index in [0.717, 1.165) is 22.1 Å². The molecule has 2 aromatic rings. The van der Waals surface area contributed by atoms with Crippen LogP contribution in [0.4, 0.5) is 0 Å². The summed E-state index contributed by atoms with van der Waals surface area (Å²) in [6.07, 6.45) is 2.39. The number of ether oxygens (including phenoxy) is 3. The van der Waals surface area contributed by atoms with Gasteiger partial charge in [-0.2, -0.15) is 0 Å². The van der Waals surface area contributed by atoms with Crippen molar-refractivity contribution in [2.45, 2.75) is 13.3 Å². The molecule has 0 aromatic heterocycles. The van der Waals surface area contributed by atoms with Crippen LogP contribution in [0.25, 0.3) is 10.8 Å². The Morgan fingerprint density at radius 3 is 2.57 bits per heavy atom. The summed E-state index contributed by atoms with van der Waals surface area (Å²) < 4.78 is 16.3. The van der Waals surface area contributed by atoms with Crippen molar-refractivity contribution in [3.63, 3.8) is 0 Å². The van der Waals surface area contributed by atoms with E-state index in [1.54, 1.807) is 26.4 Å². The van der Waals surface area contributed by atoms with Gasteiger partial charge in [0.15, 0.2) is 0 Å². The summed E-state index contributed by atoms with van der Waals surface area (Å²) in [4.78, 5) is 11.4. The summed E-state index contributed by atoms with van der Waals surface area (Å²) in [5, 5.41) is 1.56. The number of methoxy groups -OCH3 is 2. The van der Waals surface area contributed by atoms with Crippen LogP contribution in [0.15, 0.2) is 36.9 Å². The lowest BCUT2D eigenvalue weighted by molar-refractivity contribution is -0.131. The van der Waals surface area contributed by atoms with Crippen molar-refractivity contribution in [3.8, 4) is 17.2 Å². The van der Waals surface area contributed by atoms with E-state index in [9.17, 15) is 4.79 Å². The maximum atomic E-state index is 11.4. The number of carbonyl (C=O) groups excluding carboxylic acids is 1. The molecule has 4 heteroatoms. The van der Waals surface area contributed by atoms with E-state index < -0.39 is 0 Å². The third-order valence-corrected chi connectivity index (χ3v) is 3.16. The van der Waals surface area contributed by atoms with E-state index in [-0.39, 0.29) is 5.97 Å². The topological polar surface area (TPSA) is 44.8 Å². The van der Waals surface area contributed by atoms with Gasteiger partial charge in [-0.3, -0.25) is 4.79 Å². The molecule has 0 spiro atoms. The Hall–Kier alpha value is -2.49. The molecule has 0 radical (unpaired) electrons. The lowest BCUT2D eigenvalue weighted by Gasteiger charge is -2.16. The molecule has 0 heterocycles. The van der Waals surface area contributed by atoms with Crippen molar-refractivity contribution >= 4 is 16.7 Å². The second kappa shape index (κ2) is 6.31. The molecule has 0 aliphatic carbocycles. The van der Waals surface area contributed by atoms with Gasteiger partial charge in [0.05, 0.1) is 19.6 Å². The monoisotopic (exact) mass is 286 g/mol. The number of carbonyl (C=O) groups is 1. The van der Waals surface area contributed by atoms with E-state index in [2.05, 4.69) is 6.58 Å². The lowest BCUT2D eigenvalue weighted by Crippen LogP contribution is -2.04. The van der Waals surface area contributed by atoms with Crippen LogP contribution in [-0.4, -0.2) is 20.2 Å². The Morgan fingerprint density at radius 1 is 1.24 bits per heavy atom. The first-order chi connectivity index (χ1) is 10.1. The molecule has 110 valence electrons. The molecule has 0 aliphatic rings. The van der Waals surface area contributed by atoms with Crippen molar-refractivity contribution < 1.29 is 19.0 Å². The van der Waals surface area contributed by atoms with E-state index >= 15 is 0 Å². The zero-order valence-corrected chi connectivity index (χ0v) is 12.4. The fraction of sp³-hybridized carbons (Fsp3) is 0.235. The Bertz CT molecular complexity index is 689. The number of hydrogen-bond acceptors (Lipinski definition) is 4. The molecule has 0 saturated heterocycles. The third kappa shape index (κ3) is 2.84. The predicted molar refractivity (Wildman–Crippen MR) is 82.3 cm³/mol. The van der Waals surface area contributed by atoms with Crippen LogP contribution in [0.5, 0.6) is 17.2 Å². The second-order valence-electron chi connectivity index (χ2n) is 4.54. The number of fused-ring (bicyclic) bond motifs is 1. The number of hydrogen-bond donors (Lipinski definition) is 0.